The molecule has 19 heavy (non-hydrogen) atoms. The van der Waals surface area contributed by atoms with Crippen molar-refractivity contribution < 1.29 is 8.42 Å². The van der Waals surface area contributed by atoms with Crippen LogP contribution in [0.5, 0.6) is 0 Å². The first kappa shape index (κ1) is 14.5. The molecule has 0 bridgehead atoms. The van der Waals surface area contributed by atoms with Gasteiger partial charge >= 0.3 is 0 Å². The van der Waals surface area contributed by atoms with Gasteiger partial charge in [0.15, 0.2) is 0 Å². The smallest absolute Gasteiger partial charge is 0.150 e. The van der Waals surface area contributed by atoms with Crippen LogP contribution in [0.3, 0.4) is 0 Å². The first-order valence-corrected chi connectivity index (χ1v) is 8.87. The van der Waals surface area contributed by atoms with Crippen LogP contribution in [-0.4, -0.2) is 26.0 Å². The van der Waals surface area contributed by atoms with Crippen molar-refractivity contribution in [3.05, 3.63) is 35.4 Å². The average molecular weight is 281 g/mol. The van der Waals surface area contributed by atoms with E-state index in [1.165, 1.54) is 11.1 Å². The SMILES string of the molecule is CCc1ccc(C(C)NC2CCS(=O)(=O)CC2)cc1. The molecule has 1 aliphatic heterocycles. The normalized spacial score (nSPS) is 21.2. The first-order valence-electron chi connectivity index (χ1n) is 7.05. The Morgan fingerprint density at radius 2 is 1.79 bits per heavy atom. The molecule has 3 nitrogen and oxygen atoms in total. The van der Waals surface area contributed by atoms with E-state index < -0.39 is 9.84 Å². The second-order valence-electron chi connectivity index (χ2n) is 5.41. The van der Waals surface area contributed by atoms with E-state index in [4.69, 9.17) is 0 Å². The van der Waals surface area contributed by atoms with Crippen LogP contribution in [-0.2, 0) is 16.3 Å². The zero-order valence-electron chi connectivity index (χ0n) is 11.7. The molecule has 106 valence electrons. The zero-order valence-corrected chi connectivity index (χ0v) is 12.5. The van der Waals surface area contributed by atoms with Gasteiger partial charge in [-0.2, -0.15) is 0 Å². The number of hydrogen-bond donors (Lipinski definition) is 1. The van der Waals surface area contributed by atoms with Crippen LogP contribution in [0.4, 0.5) is 0 Å². The van der Waals surface area contributed by atoms with Gasteiger partial charge in [-0.15, -0.1) is 0 Å². The lowest BCUT2D eigenvalue weighted by Gasteiger charge is -2.27. The van der Waals surface area contributed by atoms with Crippen molar-refractivity contribution in [1.82, 2.24) is 5.32 Å². The minimum atomic E-state index is -2.77. The maximum absolute atomic E-state index is 11.4. The maximum atomic E-state index is 11.4. The van der Waals surface area contributed by atoms with Gasteiger partial charge in [0.05, 0.1) is 11.5 Å². The number of sulfone groups is 1. The minimum Gasteiger partial charge on any atom is -0.307 e. The summed E-state index contributed by atoms with van der Waals surface area (Å²) in [6.07, 6.45) is 2.53. The van der Waals surface area contributed by atoms with Crippen molar-refractivity contribution in [3.8, 4) is 0 Å². The van der Waals surface area contributed by atoms with Gasteiger partial charge in [0.1, 0.15) is 9.84 Å². The summed E-state index contributed by atoms with van der Waals surface area (Å²) in [6, 6.07) is 9.25. The van der Waals surface area contributed by atoms with Gasteiger partial charge in [-0.1, -0.05) is 31.2 Å². The molecular weight excluding hydrogens is 258 g/mol. The lowest BCUT2D eigenvalue weighted by molar-refractivity contribution is 0.420. The molecule has 0 radical (unpaired) electrons. The third-order valence-electron chi connectivity index (χ3n) is 3.93. The van der Waals surface area contributed by atoms with Crippen molar-refractivity contribution >= 4 is 9.84 Å². The van der Waals surface area contributed by atoms with E-state index in [-0.39, 0.29) is 6.04 Å². The molecule has 0 aromatic heterocycles. The van der Waals surface area contributed by atoms with Gasteiger partial charge in [0.25, 0.3) is 0 Å². The summed E-state index contributed by atoms with van der Waals surface area (Å²) in [5.41, 5.74) is 2.62. The fourth-order valence-electron chi connectivity index (χ4n) is 2.55. The lowest BCUT2D eigenvalue weighted by atomic mass is 10.0. The Labute approximate surface area is 116 Å². The van der Waals surface area contributed by atoms with Gasteiger partial charge in [-0.25, -0.2) is 8.42 Å². The Kier molecular flexibility index (Phi) is 4.63. The number of rotatable bonds is 4. The molecule has 0 spiro atoms. The molecule has 1 fully saturated rings. The second-order valence-corrected chi connectivity index (χ2v) is 7.71. The third-order valence-corrected chi connectivity index (χ3v) is 5.64. The molecule has 1 N–H and O–H groups in total. The largest absolute Gasteiger partial charge is 0.307 e. The van der Waals surface area contributed by atoms with Crippen molar-refractivity contribution in [2.45, 2.75) is 45.2 Å². The molecule has 0 aliphatic carbocycles. The van der Waals surface area contributed by atoms with Gasteiger partial charge < -0.3 is 5.32 Å². The van der Waals surface area contributed by atoms with E-state index in [1.807, 2.05) is 0 Å². The minimum absolute atomic E-state index is 0.275. The zero-order chi connectivity index (χ0) is 13.9. The first-order chi connectivity index (χ1) is 9.00. The summed E-state index contributed by atoms with van der Waals surface area (Å²) in [4.78, 5) is 0. The maximum Gasteiger partial charge on any atom is 0.150 e. The standard InChI is InChI=1S/C15H23NO2S/c1-3-13-4-6-14(7-5-13)12(2)16-15-8-10-19(17,18)11-9-15/h4-7,12,15-16H,3,8-11H2,1-2H3. The highest BCUT2D eigenvalue weighted by molar-refractivity contribution is 7.91. The Morgan fingerprint density at radius 1 is 1.21 bits per heavy atom. The Bertz CT molecular complexity index is 493. The van der Waals surface area contributed by atoms with Gasteiger partial charge in [-0.3, -0.25) is 0 Å². The number of hydrogen-bond acceptors (Lipinski definition) is 3. The molecule has 1 aromatic carbocycles. The monoisotopic (exact) mass is 281 g/mol. The fourth-order valence-corrected chi connectivity index (χ4v) is 4.04. The molecule has 4 heteroatoms. The van der Waals surface area contributed by atoms with Crippen molar-refractivity contribution in [3.63, 3.8) is 0 Å². The molecule has 2 rings (SSSR count). The molecule has 0 saturated carbocycles. The highest BCUT2D eigenvalue weighted by Gasteiger charge is 2.24. The van der Waals surface area contributed by atoms with E-state index in [0.717, 1.165) is 19.3 Å². The Morgan fingerprint density at radius 3 is 2.32 bits per heavy atom. The topological polar surface area (TPSA) is 46.2 Å². The predicted octanol–water partition coefficient (Wildman–Crippen LogP) is 2.48. The van der Waals surface area contributed by atoms with Crippen LogP contribution in [0.25, 0.3) is 0 Å². The third kappa shape index (κ3) is 4.05. The van der Waals surface area contributed by atoms with E-state index in [0.29, 0.717) is 17.5 Å². The molecule has 1 atom stereocenters. The highest BCUT2D eigenvalue weighted by atomic mass is 32.2. The summed E-state index contributed by atoms with van der Waals surface area (Å²) in [6.45, 7) is 4.29. The van der Waals surface area contributed by atoms with Gasteiger partial charge in [0.2, 0.25) is 0 Å². The Hall–Kier alpha value is -0.870. The van der Waals surface area contributed by atoms with E-state index in [2.05, 4.69) is 43.4 Å². The Balaban J connectivity index is 1.91. The summed E-state index contributed by atoms with van der Waals surface area (Å²) in [5.74, 6) is 0.651. The second kappa shape index (κ2) is 6.06. The molecule has 1 aromatic rings. The van der Waals surface area contributed by atoms with Crippen molar-refractivity contribution in [2.24, 2.45) is 0 Å². The van der Waals surface area contributed by atoms with Crippen LogP contribution < -0.4 is 5.32 Å². The highest BCUT2D eigenvalue weighted by Crippen LogP contribution is 2.19. The molecule has 1 aliphatic rings. The molecule has 1 unspecified atom stereocenters. The van der Waals surface area contributed by atoms with Crippen LogP contribution >= 0.6 is 0 Å². The summed E-state index contributed by atoms with van der Waals surface area (Å²) >= 11 is 0. The molecule has 1 saturated heterocycles. The number of aryl methyl sites for hydroxylation is 1. The van der Waals surface area contributed by atoms with Crippen LogP contribution in [0.2, 0.25) is 0 Å². The molecular formula is C15H23NO2S. The van der Waals surface area contributed by atoms with Crippen LogP contribution in [0.15, 0.2) is 24.3 Å². The molecule has 1 heterocycles. The molecule has 0 amide bonds. The average Bonchev–Trinajstić information content (AvgIpc) is 2.41. The van der Waals surface area contributed by atoms with Crippen LogP contribution in [0.1, 0.15) is 43.9 Å². The van der Waals surface area contributed by atoms with E-state index in [9.17, 15) is 8.42 Å². The van der Waals surface area contributed by atoms with E-state index >= 15 is 0 Å². The van der Waals surface area contributed by atoms with E-state index in [1.54, 1.807) is 0 Å². The van der Waals surface area contributed by atoms with Crippen molar-refractivity contribution in [1.29, 1.82) is 0 Å². The van der Waals surface area contributed by atoms with Gasteiger partial charge in [-0.05, 0) is 37.3 Å². The quantitative estimate of drug-likeness (QED) is 0.922. The van der Waals surface area contributed by atoms with Gasteiger partial charge in [0, 0.05) is 12.1 Å². The fraction of sp³-hybridized carbons (Fsp3) is 0.600. The summed E-state index contributed by atoms with van der Waals surface area (Å²) in [7, 11) is -2.77. The summed E-state index contributed by atoms with van der Waals surface area (Å²) < 4.78 is 22.8. The van der Waals surface area contributed by atoms with Crippen LogP contribution in [0, 0.1) is 0 Å². The van der Waals surface area contributed by atoms with Crippen molar-refractivity contribution in [2.75, 3.05) is 11.5 Å². The lowest BCUT2D eigenvalue weighted by Crippen LogP contribution is -2.38. The number of nitrogens with one attached hydrogen (secondary N) is 1. The predicted molar refractivity (Wildman–Crippen MR) is 79.0 cm³/mol. The summed E-state index contributed by atoms with van der Waals surface area (Å²) in [5, 5.41) is 3.55. The number of benzene rings is 1.